The average molecular weight is 464 g/mol. The maximum Gasteiger partial charge on any atom is 0.270 e. The van der Waals surface area contributed by atoms with Crippen molar-refractivity contribution in [3.8, 4) is 17.3 Å². The van der Waals surface area contributed by atoms with E-state index in [2.05, 4.69) is 30.7 Å². The Bertz CT molecular complexity index is 1170. The maximum atomic E-state index is 12.7. The third kappa shape index (κ3) is 5.81. The molecule has 1 amide bonds. The minimum absolute atomic E-state index is 0.188. The van der Waals surface area contributed by atoms with E-state index in [-0.39, 0.29) is 23.3 Å². The predicted octanol–water partition coefficient (Wildman–Crippen LogP) is 2.77. The fourth-order valence-electron chi connectivity index (χ4n) is 4.26. The van der Waals surface area contributed by atoms with Crippen molar-refractivity contribution in [2.24, 2.45) is 11.8 Å². The third-order valence-electron chi connectivity index (χ3n) is 6.18. The van der Waals surface area contributed by atoms with Crippen LogP contribution in [0.5, 0.6) is 5.75 Å². The molecule has 4 rings (SSSR count). The largest absolute Gasteiger partial charge is 0.497 e. The van der Waals surface area contributed by atoms with Gasteiger partial charge in [0, 0.05) is 12.5 Å². The van der Waals surface area contributed by atoms with Crippen molar-refractivity contribution in [2.75, 3.05) is 7.11 Å². The maximum absolute atomic E-state index is 12.7. The van der Waals surface area contributed by atoms with Gasteiger partial charge in [-0.25, -0.2) is 9.97 Å². The molecule has 1 saturated carbocycles. The second-order valence-electron chi connectivity index (χ2n) is 8.72. The van der Waals surface area contributed by atoms with Crippen LogP contribution in [0.25, 0.3) is 11.5 Å². The molecule has 0 unspecified atom stereocenters. The molecular formula is C24H29N7O3. The molecule has 10 nitrogen and oxygen atoms in total. The molecule has 34 heavy (non-hydrogen) atoms. The molecule has 0 radical (unpaired) electrons. The van der Waals surface area contributed by atoms with Crippen molar-refractivity contribution in [1.82, 2.24) is 35.5 Å². The van der Waals surface area contributed by atoms with Crippen LogP contribution in [0.3, 0.4) is 0 Å². The first kappa shape index (κ1) is 23.5. The summed E-state index contributed by atoms with van der Waals surface area (Å²) < 4.78 is 5.22. The van der Waals surface area contributed by atoms with Crippen molar-refractivity contribution < 1.29 is 14.3 Å². The van der Waals surface area contributed by atoms with Crippen molar-refractivity contribution in [3.05, 3.63) is 47.4 Å². The number of methoxy groups -OCH3 is 1. The van der Waals surface area contributed by atoms with Gasteiger partial charge in [-0.05, 0) is 74.4 Å². The van der Waals surface area contributed by atoms with E-state index < -0.39 is 0 Å². The Morgan fingerprint density at radius 3 is 2.68 bits per heavy atom. The minimum atomic E-state index is -0.316. The van der Waals surface area contributed by atoms with Gasteiger partial charge in [0.25, 0.3) is 5.91 Å². The summed E-state index contributed by atoms with van der Waals surface area (Å²) in [4.78, 5) is 34.6. The normalized spacial score (nSPS) is 17.9. The molecule has 3 aromatic rings. The molecule has 1 aromatic carbocycles. The fraction of sp³-hybridized carbons (Fsp3) is 0.458. The van der Waals surface area contributed by atoms with E-state index in [1.165, 1.54) is 0 Å². The number of carbonyl (C=O) groups is 2. The number of aryl methyl sites for hydroxylation is 1. The molecule has 1 N–H and O–H groups in total. The van der Waals surface area contributed by atoms with E-state index in [0.29, 0.717) is 36.4 Å². The molecule has 1 aliphatic carbocycles. The van der Waals surface area contributed by atoms with Crippen molar-refractivity contribution in [2.45, 2.75) is 52.6 Å². The highest BCUT2D eigenvalue weighted by Gasteiger charge is 2.25. The van der Waals surface area contributed by atoms with Gasteiger partial charge in [0.05, 0.1) is 13.7 Å². The van der Waals surface area contributed by atoms with Gasteiger partial charge in [0.15, 0.2) is 0 Å². The first-order valence-corrected chi connectivity index (χ1v) is 11.5. The molecule has 1 aliphatic rings. The molecule has 0 atom stereocenters. The topological polar surface area (TPSA) is 125 Å². The summed E-state index contributed by atoms with van der Waals surface area (Å²) in [5.74, 6) is 2.10. The number of hydrogen-bond donors (Lipinski definition) is 1. The lowest BCUT2D eigenvalue weighted by Crippen LogP contribution is -2.24. The highest BCUT2D eigenvalue weighted by atomic mass is 16.5. The lowest BCUT2D eigenvalue weighted by atomic mass is 9.80. The minimum Gasteiger partial charge on any atom is -0.497 e. The Morgan fingerprint density at radius 2 is 1.94 bits per heavy atom. The second-order valence-corrected chi connectivity index (χ2v) is 8.72. The van der Waals surface area contributed by atoms with Crippen LogP contribution in [0.4, 0.5) is 0 Å². The standard InChI is InChI=1S/C24H29N7O3/c1-15(32)19-9-7-17(8-10-19)14-31-29-23(28-30-31)21-12-22(27-16(2)26-21)24(33)25-13-18-5-4-6-20(11-18)34-3/h4-6,11-12,17,19H,7-10,13-14H2,1-3H3,(H,25,33). The molecule has 0 aliphatic heterocycles. The number of ether oxygens (including phenoxy) is 1. The molecule has 10 heteroatoms. The number of nitrogens with one attached hydrogen (secondary N) is 1. The van der Waals surface area contributed by atoms with Crippen LogP contribution in [-0.2, 0) is 17.9 Å². The Hall–Kier alpha value is -3.69. The predicted molar refractivity (Wildman–Crippen MR) is 124 cm³/mol. The van der Waals surface area contributed by atoms with E-state index in [4.69, 9.17) is 4.74 Å². The summed E-state index contributed by atoms with van der Waals surface area (Å²) in [6.45, 7) is 4.39. The molecule has 1 fully saturated rings. The SMILES string of the molecule is COc1cccc(CNC(=O)c2cc(-c3nnn(CC4CCC(C(C)=O)CC4)n3)nc(C)n2)c1. The zero-order valence-electron chi connectivity index (χ0n) is 19.7. The Kier molecular flexibility index (Phi) is 7.24. The van der Waals surface area contributed by atoms with Crippen molar-refractivity contribution >= 4 is 11.7 Å². The number of ketones is 1. The van der Waals surface area contributed by atoms with Gasteiger partial charge in [-0.3, -0.25) is 9.59 Å². The quantitative estimate of drug-likeness (QED) is 0.541. The van der Waals surface area contributed by atoms with Gasteiger partial charge < -0.3 is 10.1 Å². The fourth-order valence-corrected chi connectivity index (χ4v) is 4.26. The summed E-state index contributed by atoms with van der Waals surface area (Å²) in [6, 6.07) is 9.08. The molecule has 178 valence electrons. The number of aromatic nitrogens is 6. The van der Waals surface area contributed by atoms with E-state index in [1.54, 1.807) is 31.8 Å². The number of Topliss-reactive ketones (excluding diaryl/α,β-unsaturated/α-hetero) is 1. The van der Waals surface area contributed by atoms with Gasteiger partial charge in [-0.15, -0.1) is 10.2 Å². The van der Waals surface area contributed by atoms with Crippen molar-refractivity contribution in [1.29, 1.82) is 0 Å². The number of benzene rings is 1. The van der Waals surface area contributed by atoms with E-state index in [0.717, 1.165) is 37.0 Å². The van der Waals surface area contributed by atoms with Gasteiger partial charge in [-0.1, -0.05) is 12.1 Å². The first-order chi connectivity index (χ1) is 16.4. The number of tetrazole rings is 1. The highest BCUT2D eigenvalue weighted by Crippen LogP contribution is 2.30. The summed E-state index contributed by atoms with van der Waals surface area (Å²) in [5, 5.41) is 15.7. The van der Waals surface area contributed by atoms with E-state index >= 15 is 0 Å². The number of hydrogen-bond acceptors (Lipinski definition) is 8. The third-order valence-corrected chi connectivity index (χ3v) is 6.18. The van der Waals surface area contributed by atoms with Crippen LogP contribution in [0.1, 0.15) is 54.5 Å². The van der Waals surface area contributed by atoms with Crippen LogP contribution < -0.4 is 10.1 Å². The van der Waals surface area contributed by atoms with E-state index in [1.807, 2.05) is 24.3 Å². The Balaban J connectivity index is 1.40. The smallest absolute Gasteiger partial charge is 0.270 e. The van der Waals surface area contributed by atoms with Gasteiger partial charge >= 0.3 is 0 Å². The average Bonchev–Trinajstić information content (AvgIpc) is 3.31. The molecule has 0 saturated heterocycles. The van der Waals surface area contributed by atoms with Crippen LogP contribution >= 0.6 is 0 Å². The zero-order chi connectivity index (χ0) is 24.1. The Morgan fingerprint density at radius 1 is 1.15 bits per heavy atom. The molecule has 2 heterocycles. The summed E-state index contributed by atoms with van der Waals surface area (Å²) in [5.41, 5.74) is 1.61. The first-order valence-electron chi connectivity index (χ1n) is 11.5. The molecule has 0 spiro atoms. The van der Waals surface area contributed by atoms with Crippen LogP contribution in [0.2, 0.25) is 0 Å². The molecular weight excluding hydrogens is 434 g/mol. The second kappa shape index (κ2) is 10.5. The van der Waals surface area contributed by atoms with Crippen molar-refractivity contribution in [3.63, 3.8) is 0 Å². The van der Waals surface area contributed by atoms with E-state index in [9.17, 15) is 9.59 Å². The number of nitrogens with zero attached hydrogens (tertiary/aromatic N) is 6. The summed E-state index contributed by atoms with van der Waals surface area (Å²) >= 11 is 0. The van der Waals surface area contributed by atoms with Crippen LogP contribution in [0, 0.1) is 18.8 Å². The molecule has 2 aromatic heterocycles. The monoisotopic (exact) mass is 463 g/mol. The summed E-state index contributed by atoms with van der Waals surface area (Å²) in [6.07, 6.45) is 3.79. The zero-order valence-corrected chi connectivity index (χ0v) is 19.7. The van der Waals surface area contributed by atoms with Gasteiger partial charge in [0.2, 0.25) is 5.82 Å². The number of amides is 1. The van der Waals surface area contributed by atoms with Gasteiger partial charge in [0.1, 0.15) is 28.7 Å². The van der Waals surface area contributed by atoms with Gasteiger partial charge in [-0.2, -0.15) is 4.80 Å². The highest BCUT2D eigenvalue weighted by molar-refractivity contribution is 5.93. The van der Waals surface area contributed by atoms with Crippen LogP contribution in [0.15, 0.2) is 30.3 Å². The number of rotatable bonds is 8. The number of carbonyl (C=O) groups excluding carboxylic acids is 2. The summed E-state index contributed by atoms with van der Waals surface area (Å²) in [7, 11) is 1.60. The Labute approximate surface area is 198 Å². The molecule has 0 bridgehead atoms. The van der Waals surface area contributed by atoms with Crippen LogP contribution in [-0.4, -0.2) is 49.0 Å². The lowest BCUT2D eigenvalue weighted by molar-refractivity contribution is -0.121. The lowest BCUT2D eigenvalue weighted by Gasteiger charge is -2.26.